The molecule has 17 heavy (non-hydrogen) atoms. The Kier molecular flexibility index (Phi) is 3.89. The molecule has 2 aromatic rings. The van der Waals surface area contributed by atoms with Crippen LogP contribution in [0.2, 0.25) is 0 Å². The van der Waals surface area contributed by atoms with Gasteiger partial charge < -0.3 is 5.73 Å². The van der Waals surface area contributed by atoms with Gasteiger partial charge in [0, 0.05) is 12.7 Å². The fourth-order valence-corrected chi connectivity index (χ4v) is 2.38. The van der Waals surface area contributed by atoms with E-state index in [0.717, 1.165) is 29.7 Å². The lowest BCUT2D eigenvalue weighted by molar-refractivity contribution is 0.652. The van der Waals surface area contributed by atoms with E-state index < -0.39 is 0 Å². The first-order valence-electron chi connectivity index (χ1n) is 5.80. The largest absolute Gasteiger partial charge is 0.369 e. The molecule has 0 bridgehead atoms. The summed E-state index contributed by atoms with van der Waals surface area (Å²) < 4.78 is 2.02. The molecule has 0 saturated heterocycles. The highest BCUT2D eigenvalue weighted by molar-refractivity contribution is 7.98. The molecule has 0 radical (unpaired) electrons. The molecule has 0 saturated carbocycles. The third-order valence-corrected chi connectivity index (χ3v) is 3.54. The molecule has 5 heteroatoms. The fraction of sp³-hybridized carbons (Fsp3) is 0.500. The minimum atomic E-state index is 0.575. The SMILES string of the molecule is CSCCCCn1c(N)nc2c(C)ccnc21. The molecule has 0 spiro atoms. The Balaban J connectivity index is 2.21. The highest BCUT2D eigenvalue weighted by Crippen LogP contribution is 2.19. The number of anilines is 1. The van der Waals surface area contributed by atoms with Gasteiger partial charge in [0.2, 0.25) is 5.95 Å². The first-order chi connectivity index (χ1) is 8.24. The Hall–Kier alpha value is -1.23. The standard InChI is InChI=1S/C12H18N4S/c1-9-5-6-14-11-10(9)15-12(13)16(11)7-3-4-8-17-2/h5-6H,3-4,7-8H2,1-2H3,(H2,13,15). The Morgan fingerprint density at radius 2 is 2.24 bits per heavy atom. The Morgan fingerprint density at radius 3 is 3.00 bits per heavy atom. The zero-order chi connectivity index (χ0) is 12.3. The topological polar surface area (TPSA) is 56.7 Å². The molecular formula is C12H18N4S. The molecule has 2 heterocycles. The second kappa shape index (κ2) is 5.40. The van der Waals surface area contributed by atoms with E-state index in [4.69, 9.17) is 5.73 Å². The zero-order valence-electron chi connectivity index (χ0n) is 10.3. The quantitative estimate of drug-likeness (QED) is 0.828. The second-order valence-corrected chi connectivity index (χ2v) is 5.11. The summed E-state index contributed by atoms with van der Waals surface area (Å²) in [6.07, 6.45) is 6.27. The molecule has 0 aromatic carbocycles. The van der Waals surface area contributed by atoms with Gasteiger partial charge in [0.25, 0.3) is 0 Å². The number of imidazole rings is 1. The lowest BCUT2D eigenvalue weighted by atomic mass is 10.3. The van der Waals surface area contributed by atoms with Gasteiger partial charge in [-0.3, -0.25) is 4.57 Å². The van der Waals surface area contributed by atoms with Crippen molar-refractivity contribution < 1.29 is 0 Å². The van der Waals surface area contributed by atoms with Crippen LogP contribution in [0, 0.1) is 6.92 Å². The molecule has 0 aliphatic rings. The van der Waals surface area contributed by atoms with Crippen LogP contribution in [-0.2, 0) is 6.54 Å². The summed E-state index contributed by atoms with van der Waals surface area (Å²) in [7, 11) is 0. The van der Waals surface area contributed by atoms with Crippen LogP contribution in [-0.4, -0.2) is 26.5 Å². The van der Waals surface area contributed by atoms with Crippen LogP contribution >= 0.6 is 11.8 Å². The molecule has 0 fully saturated rings. The van der Waals surface area contributed by atoms with Gasteiger partial charge >= 0.3 is 0 Å². The van der Waals surface area contributed by atoms with Crippen molar-refractivity contribution in [2.75, 3.05) is 17.7 Å². The number of aromatic nitrogens is 3. The van der Waals surface area contributed by atoms with Gasteiger partial charge in [-0.15, -0.1) is 0 Å². The third-order valence-electron chi connectivity index (χ3n) is 2.85. The Morgan fingerprint density at radius 1 is 1.41 bits per heavy atom. The van der Waals surface area contributed by atoms with Crippen molar-refractivity contribution in [1.82, 2.24) is 14.5 Å². The summed E-state index contributed by atoms with van der Waals surface area (Å²) in [5.74, 6) is 1.77. The van der Waals surface area contributed by atoms with Crippen LogP contribution in [0.5, 0.6) is 0 Å². The second-order valence-electron chi connectivity index (χ2n) is 4.12. The number of hydrogen-bond donors (Lipinski definition) is 1. The van der Waals surface area contributed by atoms with Crippen molar-refractivity contribution in [3.63, 3.8) is 0 Å². The van der Waals surface area contributed by atoms with Crippen LogP contribution in [0.4, 0.5) is 5.95 Å². The number of unbranched alkanes of at least 4 members (excludes halogenated alkanes) is 1. The molecule has 2 rings (SSSR count). The van der Waals surface area contributed by atoms with E-state index in [2.05, 4.69) is 16.2 Å². The monoisotopic (exact) mass is 250 g/mol. The van der Waals surface area contributed by atoms with E-state index in [-0.39, 0.29) is 0 Å². The van der Waals surface area contributed by atoms with E-state index in [1.165, 1.54) is 12.2 Å². The predicted octanol–water partition coefficient (Wildman–Crippen LogP) is 2.47. The summed E-state index contributed by atoms with van der Waals surface area (Å²) in [6.45, 7) is 2.94. The van der Waals surface area contributed by atoms with E-state index in [1.807, 2.05) is 35.5 Å². The van der Waals surface area contributed by atoms with E-state index in [9.17, 15) is 0 Å². The van der Waals surface area contributed by atoms with Gasteiger partial charge in [-0.1, -0.05) is 0 Å². The molecule has 0 unspecified atom stereocenters. The van der Waals surface area contributed by atoms with Gasteiger partial charge in [-0.25, -0.2) is 9.97 Å². The first-order valence-corrected chi connectivity index (χ1v) is 7.19. The van der Waals surface area contributed by atoms with Crippen LogP contribution in [0.15, 0.2) is 12.3 Å². The minimum Gasteiger partial charge on any atom is -0.369 e. The highest BCUT2D eigenvalue weighted by atomic mass is 32.2. The zero-order valence-corrected chi connectivity index (χ0v) is 11.1. The van der Waals surface area contributed by atoms with Crippen LogP contribution in [0.25, 0.3) is 11.2 Å². The number of nitrogen functional groups attached to an aromatic ring is 1. The van der Waals surface area contributed by atoms with Gasteiger partial charge in [0.1, 0.15) is 5.52 Å². The fourth-order valence-electron chi connectivity index (χ4n) is 1.89. The average Bonchev–Trinajstić information content (AvgIpc) is 2.63. The summed E-state index contributed by atoms with van der Waals surface area (Å²) >= 11 is 1.88. The van der Waals surface area contributed by atoms with Gasteiger partial charge in [-0.05, 0) is 43.4 Å². The van der Waals surface area contributed by atoms with Crippen molar-refractivity contribution >= 4 is 28.9 Å². The molecule has 2 aromatic heterocycles. The molecule has 0 aliphatic heterocycles. The molecule has 0 aliphatic carbocycles. The number of rotatable bonds is 5. The first kappa shape index (κ1) is 12.2. The summed E-state index contributed by atoms with van der Waals surface area (Å²) in [6, 6.07) is 1.97. The summed E-state index contributed by atoms with van der Waals surface area (Å²) in [5, 5.41) is 0. The van der Waals surface area contributed by atoms with E-state index in [1.54, 1.807) is 0 Å². The Bertz CT molecular complexity index is 506. The average molecular weight is 250 g/mol. The molecule has 4 nitrogen and oxygen atoms in total. The van der Waals surface area contributed by atoms with Crippen LogP contribution in [0.3, 0.4) is 0 Å². The van der Waals surface area contributed by atoms with Gasteiger partial charge in [0.05, 0.1) is 0 Å². The van der Waals surface area contributed by atoms with Crippen molar-refractivity contribution in [3.8, 4) is 0 Å². The number of nitrogens with two attached hydrogens (primary N) is 1. The van der Waals surface area contributed by atoms with E-state index in [0.29, 0.717) is 5.95 Å². The number of nitrogens with zero attached hydrogens (tertiary/aromatic N) is 3. The molecule has 0 atom stereocenters. The van der Waals surface area contributed by atoms with E-state index >= 15 is 0 Å². The molecular weight excluding hydrogens is 232 g/mol. The lowest BCUT2D eigenvalue weighted by Crippen LogP contribution is -2.04. The van der Waals surface area contributed by atoms with Crippen molar-refractivity contribution in [3.05, 3.63) is 17.8 Å². The number of fused-ring (bicyclic) bond motifs is 1. The lowest BCUT2D eigenvalue weighted by Gasteiger charge is -2.05. The summed E-state index contributed by atoms with van der Waals surface area (Å²) in [5.41, 5.74) is 8.91. The van der Waals surface area contributed by atoms with Crippen molar-refractivity contribution in [1.29, 1.82) is 0 Å². The predicted molar refractivity (Wildman–Crippen MR) is 74.3 cm³/mol. The maximum atomic E-state index is 5.94. The smallest absolute Gasteiger partial charge is 0.202 e. The van der Waals surface area contributed by atoms with Crippen molar-refractivity contribution in [2.24, 2.45) is 0 Å². The number of aryl methyl sites for hydroxylation is 2. The highest BCUT2D eigenvalue weighted by Gasteiger charge is 2.10. The molecule has 0 amide bonds. The maximum Gasteiger partial charge on any atom is 0.202 e. The number of pyridine rings is 1. The van der Waals surface area contributed by atoms with Crippen LogP contribution in [0.1, 0.15) is 18.4 Å². The van der Waals surface area contributed by atoms with Crippen molar-refractivity contribution in [2.45, 2.75) is 26.3 Å². The number of thioether (sulfide) groups is 1. The van der Waals surface area contributed by atoms with Gasteiger partial charge in [-0.2, -0.15) is 11.8 Å². The maximum absolute atomic E-state index is 5.94. The molecule has 2 N–H and O–H groups in total. The van der Waals surface area contributed by atoms with Crippen LogP contribution < -0.4 is 5.73 Å². The Labute approximate surface area is 106 Å². The third kappa shape index (κ3) is 2.54. The normalized spacial score (nSPS) is 11.2. The number of hydrogen-bond acceptors (Lipinski definition) is 4. The minimum absolute atomic E-state index is 0.575. The molecule has 92 valence electrons. The van der Waals surface area contributed by atoms with Gasteiger partial charge in [0.15, 0.2) is 5.65 Å². The summed E-state index contributed by atoms with van der Waals surface area (Å²) in [4.78, 5) is 8.76.